The summed E-state index contributed by atoms with van der Waals surface area (Å²) in [7, 11) is 2.16. The summed E-state index contributed by atoms with van der Waals surface area (Å²) in [5.41, 5.74) is -0.621. The maximum absolute atomic E-state index is 15.4. The van der Waals surface area contributed by atoms with E-state index in [4.69, 9.17) is 10.5 Å². The summed E-state index contributed by atoms with van der Waals surface area (Å²) in [6, 6.07) is 5.87. The first-order chi connectivity index (χ1) is 19.7. The van der Waals surface area contributed by atoms with Crippen molar-refractivity contribution in [2.75, 3.05) is 13.4 Å². The van der Waals surface area contributed by atoms with Crippen LogP contribution >= 0.6 is 11.8 Å². The van der Waals surface area contributed by atoms with Gasteiger partial charge in [0.05, 0.1) is 29.0 Å². The lowest BCUT2D eigenvalue weighted by molar-refractivity contribution is -0.137. The van der Waals surface area contributed by atoms with Crippen molar-refractivity contribution in [1.29, 1.82) is 0 Å². The quantitative estimate of drug-likeness (QED) is 0.203. The number of carbonyl (C=O) groups is 1. The van der Waals surface area contributed by atoms with Gasteiger partial charge in [-0.15, -0.1) is 11.8 Å². The molecular weight excluding hydrogens is 597 g/mol. The normalized spacial score (nSPS) is 11.7. The van der Waals surface area contributed by atoms with E-state index in [0.717, 1.165) is 62.3 Å². The largest absolute Gasteiger partial charge is 0.497 e. The van der Waals surface area contributed by atoms with Crippen molar-refractivity contribution in [1.82, 2.24) is 14.3 Å². The number of primary amides is 1. The lowest BCUT2D eigenvalue weighted by atomic mass is 9.95. The molecule has 0 aliphatic heterocycles. The summed E-state index contributed by atoms with van der Waals surface area (Å²) in [6.07, 6.45) is -3.52. The Hall–Kier alpha value is -4.47. The Morgan fingerprint density at radius 2 is 1.67 bits per heavy atom. The Kier molecular flexibility index (Phi) is 8.29. The fourth-order valence-electron chi connectivity index (χ4n) is 4.32. The zero-order valence-corrected chi connectivity index (χ0v) is 22.5. The number of carbonyl (C=O) groups excluding carboxylic acids is 1. The van der Waals surface area contributed by atoms with Crippen LogP contribution in [-0.2, 0) is 13.2 Å². The Bertz CT molecular complexity index is 1730. The monoisotopic (exact) mass is 616 g/mol. The summed E-state index contributed by atoms with van der Waals surface area (Å²) < 4.78 is 110. The van der Waals surface area contributed by atoms with Crippen LogP contribution in [0.1, 0.15) is 15.9 Å². The zero-order chi connectivity index (χ0) is 31.1. The van der Waals surface area contributed by atoms with Crippen LogP contribution in [0.4, 0.5) is 30.7 Å². The first kappa shape index (κ1) is 30.5. The average Bonchev–Trinajstić information content (AvgIpc) is 3.15. The standard InChI is InChI=1S/C26H19F7N4O4S/c1-36-21(20-16(27)9-12(40-2)10-17(20)28)19(14-8-11(41-25(29)30)4-5-13(14)22(34)38)24(39)37(36)23-15(26(31,32)33)6-7-18(35-23)42-3/h4-10,25H,1-3H3,(H2,34,38). The number of thioether (sulfide) groups is 1. The van der Waals surface area contributed by atoms with Gasteiger partial charge in [-0.2, -0.15) is 26.6 Å². The van der Waals surface area contributed by atoms with E-state index in [1.54, 1.807) is 0 Å². The van der Waals surface area contributed by atoms with Gasteiger partial charge in [-0.25, -0.2) is 13.8 Å². The number of nitrogens with zero attached hydrogens (tertiary/aromatic N) is 3. The number of nitrogens with two attached hydrogens (primary N) is 1. The summed E-state index contributed by atoms with van der Waals surface area (Å²) in [6.45, 7) is -3.35. The molecule has 2 aromatic heterocycles. The molecule has 0 aliphatic carbocycles. The molecule has 0 atom stereocenters. The molecule has 0 unspecified atom stereocenters. The number of amides is 1. The van der Waals surface area contributed by atoms with Gasteiger partial charge >= 0.3 is 12.8 Å². The van der Waals surface area contributed by atoms with Crippen molar-refractivity contribution in [2.24, 2.45) is 12.8 Å². The van der Waals surface area contributed by atoms with E-state index in [-0.39, 0.29) is 10.8 Å². The number of hydrogen-bond acceptors (Lipinski definition) is 6. The molecule has 2 heterocycles. The molecule has 0 aliphatic rings. The first-order valence-corrected chi connectivity index (χ1v) is 12.8. The summed E-state index contributed by atoms with van der Waals surface area (Å²) >= 11 is 0.950. The van der Waals surface area contributed by atoms with Crippen LogP contribution in [-0.4, -0.2) is 40.2 Å². The number of aromatic nitrogens is 3. The molecule has 4 aromatic rings. The smallest absolute Gasteiger partial charge is 0.420 e. The SMILES string of the molecule is COc1cc(F)c(-c2c(-c3cc(OC(F)F)ccc3C(N)=O)c(=O)n(-c3nc(SC)ccc3C(F)(F)F)n2C)c(F)c1. The van der Waals surface area contributed by atoms with Gasteiger partial charge in [0.15, 0.2) is 5.82 Å². The number of pyridine rings is 1. The van der Waals surface area contributed by atoms with Crippen molar-refractivity contribution in [3.63, 3.8) is 0 Å². The molecule has 0 fully saturated rings. The Morgan fingerprint density at radius 3 is 2.19 bits per heavy atom. The first-order valence-electron chi connectivity index (χ1n) is 11.6. The lowest BCUT2D eigenvalue weighted by Crippen LogP contribution is -2.25. The average molecular weight is 617 g/mol. The predicted octanol–water partition coefficient (Wildman–Crippen LogP) is 5.63. The third kappa shape index (κ3) is 5.53. The van der Waals surface area contributed by atoms with Crippen LogP contribution < -0.4 is 20.8 Å². The maximum atomic E-state index is 15.4. The summed E-state index contributed by atoms with van der Waals surface area (Å²) in [4.78, 5) is 30.3. The highest BCUT2D eigenvalue weighted by Crippen LogP contribution is 2.40. The second kappa shape index (κ2) is 11.4. The van der Waals surface area contributed by atoms with Gasteiger partial charge in [-0.1, -0.05) is 0 Å². The molecular formula is C26H19F7N4O4S. The molecule has 0 bridgehead atoms. The van der Waals surface area contributed by atoms with Crippen LogP contribution in [0.3, 0.4) is 0 Å². The number of methoxy groups -OCH3 is 1. The van der Waals surface area contributed by atoms with Crippen LogP contribution in [0.2, 0.25) is 0 Å². The van der Waals surface area contributed by atoms with Crippen LogP contribution in [0, 0.1) is 11.6 Å². The minimum absolute atomic E-state index is 0.0566. The molecule has 2 aromatic carbocycles. The highest BCUT2D eigenvalue weighted by Gasteiger charge is 2.38. The second-order valence-electron chi connectivity index (χ2n) is 8.50. The highest BCUT2D eigenvalue weighted by atomic mass is 32.2. The van der Waals surface area contributed by atoms with E-state index in [2.05, 4.69) is 9.72 Å². The third-order valence-corrected chi connectivity index (χ3v) is 6.72. The molecule has 4 rings (SSSR count). The Labute approximate surface area is 236 Å². The predicted molar refractivity (Wildman–Crippen MR) is 138 cm³/mol. The molecule has 42 heavy (non-hydrogen) atoms. The van der Waals surface area contributed by atoms with E-state index >= 15 is 8.78 Å². The number of benzene rings is 2. The van der Waals surface area contributed by atoms with E-state index in [9.17, 15) is 31.5 Å². The van der Waals surface area contributed by atoms with Crippen LogP contribution in [0.5, 0.6) is 11.5 Å². The van der Waals surface area contributed by atoms with Crippen molar-refractivity contribution >= 4 is 17.7 Å². The van der Waals surface area contributed by atoms with Crippen molar-refractivity contribution in [2.45, 2.75) is 17.8 Å². The fraction of sp³-hybridized carbons (Fsp3) is 0.192. The number of ether oxygens (including phenoxy) is 2. The van der Waals surface area contributed by atoms with Gasteiger partial charge in [0.25, 0.3) is 5.56 Å². The molecule has 0 saturated carbocycles. The van der Waals surface area contributed by atoms with Crippen LogP contribution in [0.15, 0.2) is 52.3 Å². The van der Waals surface area contributed by atoms with Gasteiger partial charge in [-0.3, -0.25) is 14.3 Å². The van der Waals surface area contributed by atoms with Gasteiger partial charge in [0.2, 0.25) is 5.91 Å². The van der Waals surface area contributed by atoms with E-state index < -0.39 is 81.0 Å². The lowest BCUT2D eigenvalue weighted by Gasteiger charge is -2.16. The van der Waals surface area contributed by atoms with E-state index in [1.807, 2.05) is 0 Å². The number of hydrogen-bond donors (Lipinski definition) is 1. The van der Waals surface area contributed by atoms with Crippen LogP contribution in [0.25, 0.3) is 28.2 Å². The van der Waals surface area contributed by atoms with Gasteiger partial charge < -0.3 is 15.2 Å². The maximum Gasteiger partial charge on any atom is 0.420 e. The molecule has 222 valence electrons. The van der Waals surface area contributed by atoms with Gasteiger partial charge in [0, 0.05) is 30.3 Å². The minimum atomic E-state index is -5.04. The van der Waals surface area contributed by atoms with Crippen molar-refractivity contribution < 1.29 is 45.0 Å². The van der Waals surface area contributed by atoms with Crippen molar-refractivity contribution in [3.05, 3.63) is 75.6 Å². The van der Waals surface area contributed by atoms with Gasteiger partial charge in [-0.05, 0) is 36.6 Å². The highest BCUT2D eigenvalue weighted by molar-refractivity contribution is 7.98. The van der Waals surface area contributed by atoms with Crippen molar-refractivity contribution in [3.8, 4) is 39.7 Å². The Balaban J connectivity index is 2.24. The second-order valence-corrected chi connectivity index (χ2v) is 9.33. The minimum Gasteiger partial charge on any atom is -0.497 e. The zero-order valence-electron chi connectivity index (χ0n) is 21.7. The van der Waals surface area contributed by atoms with E-state index in [0.29, 0.717) is 15.4 Å². The molecule has 0 spiro atoms. The van der Waals surface area contributed by atoms with E-state index in [1.165, 1.54) is 6.26 Å². The fourth-order valence-corrected chi connectivity index (χ4v) is 4.70. The Morgan fingerprint density at radius 1 is 1.02 bits per heavy atom. The molecule has 1 amide bonds. The molecule has 16 heteroatoms. The molecule has 8 nitrogen and oxygen atoms in total. The number of halogens is 7. The summed E-state index contributed by atoms with van der Waals surface area (Å²) in [5.74, 6) is -5.60. The number of rotatable bonds is 8. The third-order valence-electron chi connectivity index (χ3n) is 6.07. The van der Waals surface area contributed by atoms with Gasteiger partial charge in [0.1, 0.15) is 28.7 Å². The molecule has 2 N–H and O–H groups in total. The number of alkyl halides is 5. The topological polar surface area (TPSA) is 101 Å². The summed E-state index contributed by atoms with van der Waals surface area (Å²) in [5, 5.41) is 0.0566. The molecule has 0 saturated heterocycles. The molecule has 0 radical (unpaired) electrons.